The molecular formula is C15H20N2O3. The van der Waals surface area contributed by atoms with Crippen molar-refractivity contribution >= 4 is 11.9 Å². The molecule has 0 radical (unpaired) electrons. The summed E-state index contributed by atoms with van der Waals surface area (Å²) in [5.74, 6) is -1.18. The molecule has 108 valence electrons. The minimum Gasteiger partial charge on any atom is -0.480 e. The number of carboxylic acid groups (broad SMARTS) is 1. The van der Waals surface area contributed by atoms with Gasteiger partial charge in [0, 0.05) is 6.54 Å². The van der Waals surface area contributed by atoms with Crippen LogP contribution in [0.3, 0.4) is 0 Å². The van der Waals surface area contributed by atoms with Crippen LogP contribution in [0, 0.1) is 0 Å². The summed E-state index contributed by atoms with van der Waals surface area (Å²) >= 11 is 0. The van der Waals surface area contributed by atoms with E-state index < -0.39 is 18.1 Å². The Balaban J connectivity index is 1.90. The summed E-state index contributed by atoms with van der Waals surface area (Å²) in [4.78, 5) is 24.7. The molecule has 20 heavy (non-hydrogen) atoms. The minimum absolute atomic E-state index is 0.245. The number of carbonyl (C=O) groups is 2. The summed E-state index contributed by atoms with van der Waals surface area (Å²) in [5, 5.41) is 9.09. The van der Waals surface area contributed by atoms with E-state index in [0.29, 0.717) is 19.4 Å². The topological polar surface area (TPSA) is 83.6 Å². The summed E-state index contributed by atoms with van der Waals surface area (Å²) in [7, 11) is 0. The molecule has 5 heteroatoms. The van der Waals surface area contributed by atoms with Gasteiger partial charge in [-0.05, 0) is 31.2 Å². The lowest BCUT2D eigenvalue weighted by Gasteiger charge is -2.24. The summed E-state index contributed by atoms with van der Waals surface area (Å²) in [6.07, 6.45) is 2.51. The average Bonchev–Trinajstić information content (AvgIpc) is 2.94. The van der Waals surface area contributed by atoms with Crippen molar-refractivity contribution in [2.24, 2.45) is 5.73 Å². The maximum Gasteiger partial charge on any atom is 0.326 e. The van der Waals surface area contributed by atoms with E-state index in [2.05, 4.69) is 0 Å². The summed E-state index contributed by atoms with van der Waals surface area (Å²) in [6, 6.07) is 8.49. The van der Waals surface area contributed by atoms with Crippen molar-refractivity contribution in [1.29, 1.82) is 0 Å². The third-order valence-electron chi connectivity index (χ3n) is 3.72. The molecule has 0 bridgehead atoms. The smallest absolute Gasteiger partial charge is 0.326 e. The van der Waals surface area contributed by atoms with Crippen LogP contribution in [0.2, 0.25) is 0 Å². The summed E-state index contributed by atoms with van der Waals surface area (Å²) in [5.41, 5.74) is 7.05. The van der Waals surface area contributed by atoms with Crippen molar-refractivity contribution < 1.29 is 14.7 Å². The van der Waals surface area contributed by atoms with Crippen molar-refractivity contribution in [2.75, 3.05) is 6.54 Å². The Morgan fingerprint density at radius 3 is 2.70 bits per heavy atom. The van der Waals surface area contributed by atoms with Crippen LogP contribution >= 0.6 is 0 Å². The Morgan fingerprint density at radius 1 is 1.35 bits per heavy atom. The lowest BCUT2D eigenvalue weighted by molar-refractivity contribution is -0.148. The van der Waals surface area contributed by atoms with Gasteiger partial charge in [-0.25, -0.2) is 4.79 Å². The number of nitrogens with zero attached hydrogens (tertiary/aromatic N) is 1. The van der Waals surface area contributed by atoms with Crippen LogP contribution in [0.1, 0.15) is 24.8 Å². The second-order valence-electron chi connectivity index (χ2n) is 5.16. The molecule has 1 heterocycles. The predicted octanol–water partition coefficient (Wildman–Crippen LogP) is 1.02. The van der Waals surface area contributed by atoms with Crippen LogP contribution in [0.5, 0.6) is 0 Å². The lowest BCUT2D eigenvalue weighted by atomic mass is 10.0. The third-order valence-corrected chi connectivity index (χ3v) is 3.72. The van der Waals surface area contributed by atoms with Crippen LogP contribution in [0.15, 0.2) is 30.3 Å². The summed E-state index contributed by atoms with van der Waals surface area (Å²) < 4.78 is 0. The number of carbonyl (C=O) groups excluding carboxylic acids is 1. The second kappa shape index (κ2) is 6.52. The number of likely N-dealkylation sites (tertiary alicyclic amines) is 1. The van der Waals surface area contributed by atoms with Crippen LogP contribution in [0.4, 0.5) is 0 Å². The summed E-state index contributed by atoms with van der Waals surface area (Å²) in [6.45, 7) is 0.495. The zero-order valence-electron chi connectivity index (χ0n) is 11.4. The number of hydrogen-bond acceptors (Lipinski definition) is 3. The molecule has 1 saturated heterocycles. The van der Waals surface area contributed by atoms with E-state index in [1.807, 2.05) is 30.3 Å². The molecule has 2 rings (SSSR count). The number of aryl methyl sites for hydroxylation is 1. The molecule has 0 aliphatic carbocycles. The van der Waals surface area contributed by atoms with Crippen molar-refractivity contribution in [2.45, 2.75) is 37.8 Å². The quantitative estimate of drug-likeness (QED) is 0.841. The molecule has 1 amide bonds. The maximum absolute atomic E-state index is 12.2. The number of nitrogens with two attached hydrogens (primary N) is 1. The SMILES string of the molecule is N[C@H](CCc1ccccc1)C(=O)N1CCCC1C(=O)O. The maximum atomic E-state index is 12.2. The van der Waals surface area contributed by atoms with E-state index in [9.17, 15) is 9.59 Å². The Kier molecular flexibility index (Phi) is 4.74. The highest BCUT2D eigenvalue weighted by Gasteiger charge is 2.35. The molecule has 1 aromatic rings. The molecule has 0 spiro atoms. The molecule has 3 N–H and O–H groups in total. The first-order valence-corrected chi connectivity index (χ1v) is 6.92. The number of rotatable bonds is 5. The Labute approximate surface area is 118 Å². The first-order chi connectivity index (χ1) is 9.59. The first kappa shape index (κ1) is 14.5. The van der Waals surface area contributed by atoms with Gasteiger partial charge < -0.3 is 15.7 Å². The van der Waals surface area contributed by atoms with Crippen molar-refractivity contribution in [1.82, 2.24) is 4.90 Å². The van der Waals surface area contributed by atoms with Gasteiger partial charge in [-0.1, -0.05) is 30.3 Å². The zero-order valence-corrected chi connectivity index (χ0v) is 11.4. The number of hydrogen-bond donors (Lipinski definition) is 2. The average molecular weight is 276 g/mol. The fourth-order valence-electron chi connectivity index (χ4n) is 2.59. The van der Waals surface area contributed by atoms with E-state index in [1.54, 1.807) is 0 Å². The fourth-order valence-corrected chi connectivity index (χ4v) is 2.59. The monoisotopic (exact) mass is 276 g/mol. The number of amides is 1. The van der Waals surface area contributed by atoms with Crippen LogP contribution in [0.25, 0.3) is 0 Å². The van der Waals surface area contributed by atoms with E-state index in [4.69, 9.17) is 10.8 Å². The van der Waals surface area contributed by atoms with E-state index in [1.165, 1.54) is 4.90 Å². The van der Waals surface area contributed by atoms with E-state index in [0.717, 1.165) is 18.4 Å². The molecule has 1 aliphatic heterocycles. The number of benzene rings is 1. The predicted molar refractivity (Wildman–Crippen MR) is 75.1 cm³/mol. The third kappa shape index (κ3) is 3.36. The van der Waals surface area contributed by atoms with Gasteiger partial charge in [0.2, 0.25) is 5.91 Å². The standard InChI is InChI=1S/C15H20N2O3/c16-12(9-8-11-5-2-1-3-6-11)14(18)17-10-4-7-13(17)15(19)20/h1-3,5-6,12-13H,4,7-10,16H2,(H,19,20)/t12-,13?/m1/s1. The fraction of sp³-hybridized carbons (Fsp3) is 0.467. The van der Waals surface area contributed by atoms with Crippen LogP contribution in [-0.4, -0.2) is 40.5 Å². The van der Waals surface area contributed by atoms with Gasteiger partial charge in [0.05, 0.1) is 6.04 Å². The van der Waals surface area contributed by atoms with Gasteiger partial charge in [-0.3, -0.25) is 4.79 Å². The molecule has 1 aromatic carbocycles. The van der Waals surface area contributed by atoms with Crippen LogP contribution < -0.4 is 5.73 Å². The van der Waals surface area contributed by atoms with E-state index >= 15 is 0 Å². The Bertz CT molecular complexity index is 475. The Morgan fingerprint density at radius 2 is 2.05 bits per heavy atom. The highest BCUT2D eigenvalue weighted by molar-refractivity contribution is 5.87. The van der Waals surface area contributed by atoms with E-state index in [-0.39, 0.29) is 5.91 Å². The highest BCUT2D eigenvalue weighted by Crippen LogP contribution is 2.19. The molecule has 1 fully saturated rings. The van der Waals surface area contributed by atoms with Crippen molar-refractivity contribution in [3.63, 3.8) is 0 Å². The van der Waals surface area contributed by atoms with Crippen molar-refractivity contribution in [3.8, 4) is 0 Å². The Hall–Kier alpha value is -1.88. The van der Waals surface area contributed by atoms with Crippen LogP contribution in [-0.2, 0) is 16.0 Å². The van der Waals surface area contributed by atoms with Crippen molar-refractivity contribution in [3.05, 3.63) is 35.9 Å². The molecule has 0 saturated carbocycles. The molecule has 1 unspecified atom stereocenters. The first-order valence-electron chi connectivity index (χ1n) is 6.92. The van der Waals surface area contributed by atoms with Gasteiger partial charge in [-0.2, -0.15) is 0 Å². The van der Waals surface area contributed by atoms with Gasteiger partial charge in [-0.15, -0.1) is 0 Å². The van der Waals surface area contributed by atoms with Gasteiger partial charge in [0.1, 0.15) is 6.04 Å². The molecule has 1 aliphatic rings. The zero-order chi connectivity index (χ0) is 14.5. The molecule has 0 aromatic heterocycles. The van der Waals surface area contributed by atoms with Gasteiger partial charge in [0.25, 0.3) is 0 Å². The minimum atomic E-state index is -0.939. The van der Waals surface area contributed by atoms with Gasteiger partial charge >= 0.3 is 5.97 Å². The second-order valence-corrected chi connectivity index (χ2v) is 5.16. The largest absolute Gasteiger partial charge is 0.480 e. The highest BCUT2D eigenvalue weighted by atomic mass is 16.4. The molecular weight excluding hydrogens is 256 g/mol. The molecule has 2 atom stereocenters. The molecule has 5 nitrogen and oxygen atoms in total. The number of carboxylic acids is 1. The number of aliphatic carboxylic acids is 1. The normalized spacial score (nSPS) is 19.9. The van der Waals surface area contributed by atoms with Gasteiger partial charge in [0.15, 0.2) is 0 Å². The lowest BCUT2D eigenvalue weighted by Crippen LogP contribution is -2.48.